The Balaban J connectivity index is 1.28. The van der Waals surface area contributed by atoms with E-state index in [0.717, 1.165) is 50.1 Å². The second-order valence-electron chi connectivity index (χ2n) is 6.98. The summed E-state index contributed by atoms with van der Waals surface area (Å²) in [6, 6.07) is 7.64. The second-order valence-corrected chi connectivity index (χ2v) is 6.98. The second kappa shape index (κ2) is 7.41. The third-order valence-corrected chi connectivity index (χ3v) is 5.25. The van der Waals surface area contributed by atoms with Crippen molar-refractivity contribution in [3.63, 3.8) is 0 Å². The summed E-state index contributed by atoms with van der Waals surface area (Å²) in [5, 5.41) is 8.18. The molecule has 0 radical (unpaired) electrons. The summed E-state index contributed by atoms with van der Waals surface area (Å²) in [5.41, 5.74) is 1.67. The molecule has 26 heavy (non-hydrogen) atoms. The van der Waals surface area contributed by atoms with Gasteiger partial charge in [-0.25, -0.2) is 4.68 Å². The Kier molecular flexibility index (Phi) is 4.83. The van der Waals surface area contributed by atoms with Gasteiger partial charge in [0.25, 0.3) is 0 Å². The molecular formula is C18H24N6O2. The van der Waals surface area contributed by atoms with E-state index in [1.807, 2.05) is 34.1 Å². The highest BCUT2D eigenvalue weighted by molar-refractivity contribution is 5.80. The predicted molar refractivity (Wildman–Crippen MR) is 96.4 cm³/mol. The maximum absolute atomic E-state index is 12.6. The normalized spacial score (nSPS) is 18.6. The van der Waals surface area contributed by atoms with Crippen LogP contribution in [0.4, 0.5) is 0 Å². The number of para-hydroxylation sites is 1. The molecule has 8 heteroatoms. The van der Waals surface area contributed by atoms with Crippen LogP contribution in [-0.2, 0) is 16.1 Å². The van der Waals surface area contributed by atoms with Crippen LogP contribution in [0.15, 0.2) is 24.3 Å². The predicted octanol–water partition coefficient (Wildman–Crippen LogP) is 0.198. The number of carbonyl (C=O) groups is 2. The number of fused-ring (bicyclic) bond motifs is 1. The summed E-state index contributed by atoms with van der Waals surface area (Å²) >= 11 is 0. The van der Waals surface area contributed by atoms with E-state index in [1.165, 1.54) is 0 Å². The number of hydrogen-bond donors (Lipinski definition) is 0. The monoisotopic (exact) mass is 356 g/mol. The molecule has 0 bridgehead atoms. The zero-order valence-corrected chi connectivity index (χ0v) is 14.9. The first-order valence-electron chi connectivity index (χ1n) is 9.27. The van der Waals surface area contributed by atoms with Crippen LogP contribution in [0.1, 0.15) is 12.8 Å². The van der Waals surface area contributed by atoms with Gasteiger partial charge in [0, 0.05) is 39.3 Å². The molecule has 3 heterocycles. The van der Waals surface area contributed by atoms with Gasteiger partial charge in [-0.15, -0.1) is 5.10 Å². The maximum atomic E-state index is 12.6. The smallest absolute Gasteiger partial charge is 0.244 e. The summed E-state index contributed by atoms with van der Waals surface area (Å²) in [7, 11) is 0. The Morgan fingerprint density at radius 2 is 1.50 bits per heavy atom. The summed E-state index contributed by atoms with van der Waals surface area (Å²) in [5.74, 6) is 0.266. The van der Waals surface area contributed by atoms with Gasteiger partial charge in [0.1, 0.15) is 12.1 Å². The van der Waals surface area contributed by atoms with Crippen molar-refractivity contribution in [1.29, 1.82) is 0 Å². The topological polar surface area (TPSA) is 74.6 Å². The highest BCUT2D eigenvalue weighted by Crippen LogP contribution is 2.12. The number of nitrogens with zero attached hydrogens (tertiary/aromatic N) is 6. The lowest BCUT2D eigenvalue weighted by atomic mass is 10.3. The van der Waals surface area contributed by atoms with Crippen molar-refractivity contribution < 1.29 is 9.59 Å². The van der Waals surface area contributed by atoms with Crippen molar-refractivity contribution in [1.82, 2.24) is 29.7 Å². The summed E-state index contributed by atoms with van der Waals surface area (Å²) in [6.07, 6.45) is 2.23. The third-order valence-electron chi connectivity index (χ3n) is 5.25. The van der Waals surface area contributed by atoms with Crippen molar-refractivity contribution in [2.45, 2.75) is 19.4 Å². The molecule has 138 valence electrons. The van der Waals surface area contributed by atoms with E-state index >= 15 is 0 Å². The quantitative estimate of drug-likeness (QED) is 0.782. The Bertz CT molecular complexity index is 790. The summed E-state index contributed by atoms with van der Waals surface area (Å²) in [4.78, 5) is 30.8. The largest absolute Gasteiger partial charge is 0.342 e. The standard InChI is InChI=1S/C18H24N6O2/c25-17(22-7-3-4-8-22)13-21-9-11-23(12-10-21)18(26)14-24-16-6-2-1-5-15(16)19-20-24/h1-2,5-6H,3-4,7-14H2. The van der Waals surface area contributed by atoms with Crippen LogP contribution in [0, 0.1) is 0 Å². The summed E-state index contributed by atoms with van der Waals surface area (Å²) < 4.78 is 1.65. The fourth-order valence-electron chi connectivity index (χ4n) is 3.68. The highest BCUT2D eigenvalue weighted by Gasteiger charge is 2.25. The van der Waals surface area contributed by atoms with Crippen LogP contribution < -0.4 is 0 Å². The van der Waals surface area contributed by atoms with Crippen molar-refractivity contribution in [2.24, 2.45) is 0 Å². The molecule has 1 aromatic heterocycles. The number of likely N-dealkylation sites (tertiary alicyclic amines) is 1. The SMILES string of the molecule is O=C(CN1CCN(C(=O)Cn2nnc3ccccc32)CC1)N1CCCC1. The molecule has 0 saturated carbocycles. The van der Waals surface area contributed by atoms with Crippen LogP contribution in [0.25, 0.3) is 11.0 Å². The molecule has 2 aliphatic rings. The molecule has 0 spiro atoms. The Morgan fingerprint density at radius 1 is 0.846 bits per heavy atom. The Morgan fingerprint density at radius 3 is 2.27 bits per heavy atom. The van der Waals surface area contributed by atoms with Crippen molar-refractivity contribution in [3.05, 3.63) is 24.3 Å². The molecule has 2 saturated heterocycles. The van der Waals surface area contributed by atoms with E-state index in [-0.39, 0.29) is 18.4 Å². The minimum absolute atomic E-state index is 0.0474. The van der Waals surface area contributed by atoms with Gasteiger partial charge >= 0.3 is 0 Å². The van der Waals surface area contributed by atoms with Gasteiger partial charge in [-0.2, -0.15) is 0 Å². The van der Waals surface area contributed by atoms with Crippen LogP contribution in [0.5, 0.6) is 0 Å². The minimum Gasteiger partial charge on any atom is -0.342 e. The first-order chi connectivity index (χ1) is 12.7. The van der Waals surface area contributed by atoms with Crippen molar-refractivity contribution in [2.75, 3.05) is 45.8 Å². The molecule has 8 nitrogen and oxygen atoms in total. The molecular weight excluding hydrogens is 332 g/mol. The van der Waals surface area contributed by atoms with Crippen molar-refractivity contribution >= 4 is 22.8 Å². The third kappa shape index (κ3) is 3.55. The zero-order chi connectivity index (χ0) is 17.9. The number of benzene rings is 1. The van der Waals surface area contributed by atoms with Gasteiger partial charge < -0.3 is 9.80 Å². The molecule has 2 fully saturated rings. The lowest BCUT2D eigenvalue weighted by Crippen LogP contribution is -2.52. The molecule has 4 rings (SSSR count). The number of amides is 2. The van der Waals surface area contributed by atoms with E-state index < -0.39 is 0 Å². The van der Waals surface area contributed by atoms with E-state index in [1.54, 1.807) is 4.68 Å². The van der Waals surface area contributed by atoms with E-state index in [4.69, 9.17) is 0 Å². The van der Waals surface area contributed by atoms with E-state index in [0.29, 0.717) is 19.6 Å². The first kappa shape index (κ1) is 17.0. The molecule has 0 unspecified atom stereocenters. The van der Waals surface area contributed by atoms with Crippen LogP contribution in [0.2, 0.25) is 0 Å². The minimum atomic E-state index is 0.0474. The van der Waals surface area contributed by atoms with Gasteiger partial charge in [0.05, 0.1) is 12.1 Å². The van der Waals surface area contributed by atoms with Crippen LogP contribution in [0.3, 0.4) is 0 Å². The van der Waals surface area contributed by atoms with Crippen molar-refractivity contribution in [3.8, 4) is 0 Å². The first-order valence-corrected chi connectivity index (χ1v) is 9.27. The van der Waals surface area contributed by atoms with Gasteiger partial charge in [0.15, 0.2) is 0 Å². The lowest BCUT2D eigenvalue weighted by Gasteiger charge is -2.35. The fraction of sp³-hybridized carbons (Fsp3) is 0.556. The van der Waals surface area contributed by atoms with Gasteiger partial charge in [-0.05, 0) is 25.0 Å². The molecule has 1 aromatic carbocycles. The highest BCUT2D eigenvalue weighted by atomic mass is 16.2. The average molecular weight is 356 g/mol. The molecule has 0 aliphatic carbocycles. The molecule has 0 N–H and O–H groups in total. The lowest BCUT2D eigenvalue weighted by molar-refractivity contribution is -0.135. The number of piperazine rings is 1. The zero-order valence-electron chi connectivity index (χ0n) is 14.9. The van der Waals surface area contributed by atoms with Gasteiger partial charge in [0.2, 0.25) is 11.8 Å². The molecule has 2 aliphatic heterocycles. The maximum Gasteiger partial charge on any atom is 0.244 e. The Hall–Kier alpha value is -2.48. The van der Waals surface area contributed by atoms with E-state index in [2.05, 4.69) is 15.2 Å². The van der Waals surface area contributed by atoms with Gasteiger partial charge in [-0.3, -0.25) is 14.5 Å². The number of carbonyl (C=O) groups excluding carboxylic acids is 2. The molecule has 0 atom stereocenters. The molecule has 2 aromatic rings. The summed E-state index contributed by atoms with van der Waals surface area (Å²) in [6.45, 7) is 5.24. The fourth-order valence-corrected chi connectivity index (χ4v) is 3.68. The van der Waals surface area contributed by atoms with Crippen LogP contribution in [-0.4, -0.2) is 87.3 Å². The molecule has 2 amide bonds. The number of rotatable bonds is 4. The van der Waals surface area contributed by atoms with E-state index in [9.17, 15) is 9.59 Å². The average Bonchev–Trinajstić information content (AvgIpc) is 3.33. The number of hydrogen-bond acceptors (Lipinski definition) is 5. The Labute approximate surface area is 152 Å². The van der Waals surface area contributed by atoms with Crippen LogP contribution >= 0.6 is 0 Å². The van der Waals surface area contributed by atoms with Gasteiger partial charge in [-0.1, -0.05) is 17.3 Å². The number of aromatic nitrogens is 3.